The maximum atomic E-state index is 4.50. The second-order valence-corrected chi connectivity index (χ2v) is 6.17. The molecule has 1 saturated heterocycles. The number of aryl methyl sites for hydroxylation is 2. The van der Waals surface area contributed by atoms with Crippen molar-refractivity contribution in [1.29, 1.82) is 0 Å². The van der Waals surface area contributed by atoms with E-state index in [0.717, 1.165) is 16.4 Å². The molecule has 1 aliphatic heterocycles. The highest BCUT2D eigenvalue weighted by atomic mass is 32.1. The normalized spacial score (nSPS) is 20.2. The van der Waals surface area contributed by atoms with Gasteiger partial charge in [0.05, 0.1) is 15.2 Å². The van der Waals surface area contributed by atoms with Crippen LogP contribution < -0.4 is 5.32 Å². The summed E-state index contributed by atoms with van der Waals surface area (Å²) < 4.78 is 1.34. The second-order valence-electron chi connectivity index (χ2n) is 4.93. The van der Waals surface area contributed by atoms with Crippen molar-refractivity contribution in [2.24, 2.45) is 5.92 Å². The molecule has 17 heavy (non-hydrogen) atoms. The molecule has 2 heterocycles. The van der Waals surface area contributed by atoms with Gasteiger partial charge in [-0.05, 0) is 62.9 Å². The largest absolute Gasteiger partial charge is 0.316 e. The first-order valence-corrected chi connectivity index (χ1v) is 7.20. The van der Waals surface area contributed by atoms with E-state index in [1.807, 2.05) is 0 Å². The highest BCUT2D eigenvalue weighted by molar-refractivity contribution is 7.18. The number of rotatable bonds is 3. The molecule has 0 spiro atoms. The summed E-state index contributed by atoms with van der Waals surface area (Å²) in [5, 5.41) is 4.60. The van der Waals surface area contributed by atoms with Crippen LogP contribution in [0.25, 0.3) is 10.2 Å². The Morgan fingerprint density at radius 3 is 3.24 bits per heavy atom. The number of fused-ring (bicyclic) bond motifs is 1. The molecule has 2 nitrogen and oxygen atoms in total. The molecular weight excluding hydrogens is 228 g/mol. The van der Waals surface area contributed by atoms with Crippen LogP contribution in [0, 0.1) is 12.8 Å². The fourth-order valence-corrected chi connectivity index (χ4v) is 3.46. The molecule has 1 aliphatic rings. The van der Waals surface area contributed by atoms with Gasteiger partial charge in [-0.1, -0.05) is 6.07 Å². The first-order valence-electron chi connectivity index (χ1n) is 6.38. The molecule has 0 amide bonds. The van der Waals surface area contributed by atoms with E-state index in [1.165, 1.54) is 42.6 Å². The monoisotopic (exact) mass is 246 g/mol. The summed E-state index contributed by atoms with van der Waals surface area (Å²) in [6, 6.07) is 6.73. The lowest BCUT2D eigenvalue weighted by Crippen LogP contribution is -2.09. The number of hydrogen-bond donors (Lipinski definition) is 1. The van der Waals surface area contributed by atoms with Crippen LogP contribution in [0.1, 0.15) is 23.4 Å². The van der Waals surface area contributed by atoms with Gasteiger partial charge in [0.2, 0.25) is 0 Å². The number of thiazole rings is 1. The van der Waals surface area contributed by atoms with Crippen molar-refractivity contribution in [3.63, 3.8) is 0 Å². The molecule has 1 N–H and O–H groups in total. The molecule has 0 radical (unpaired) electrons. The van der Waals surface area contributed by atoms with E-state index < -0.39 is 0 Å². The Hall–Kier alpha value is -0.930. The van der Waals surface area contributed by atoms with Crippen molar-refractivity contribution in [2.45, 2.75) is 26.2 Å². The van der Waals surface area contributed by atoms with Gasteiger partial charge in [0.25, 0.3) is 0 Å². The van der Waals surface area contributed by atoms with Gasteiger partial charge in [0, 0.05) is 0 Å². The Morgan fingerprint density at radius 1 is 1.47 bits per heavy atom. The van der Waals surface area contributed by atoms with E-state index >= 15 is 0 Å². The average Bonchev–Trinajstić information content (AvgIpc) is 2.92. The van der Waals surface area contributed by atoms with Gasteiger partial charge in [-0.25, -0.2) is 4.98 Å². The lowest BCUT2D eigenvalue weighted by atomic mass is 9.99. The minimum atomic E-state index is 0.883. The third-order valence-corrected chi connectivity index (χ3v) is 4.50. The number of benzene rings is 1. The van der Waals surface area contributed by atoms with Gasteiger partial charge in [0.1, 0.15) is 0 Å². The SMILES string of the molecule is Cc1nc2ccc(CCC3CCNC3)cc2s1. The minimum absolute atomic E-state index is 0.883. The number of nitrogens with zero attached hydrogens (tertiary/aromatic N) is 1. The third kappa shape index (κ3) is 2.50. The van der Waals surface area contributed by atoms with Gasteiger partial charge in [-0.2, -0.15) is 0 Å². The summed E-state index contributed by atoms with van der Waals surface area (Å²) in [5.74, 6) is 0.883. The van der Waals surface area contributed by atoms with Crippen LogP contribution in [0.15, 0.2) is 18.2 Å². The van der Waals surface area contributed by atoms with Crippen molar-refractivity contribution >= 4 is 21.6 Å². The van der Waals surface area contributed by atoms with Gasteiger partial charge in [-0.3, -0.25) is 0 Å². The van der Waals surface area contributed by atoms with Gasteiger partial charge < -0.3 is 5.32 Å². The molecule has 90 valence electrons. The van der Waals surface area contributed by atoms with Gasteiger partial charge >= 0.3 is 0 Å². The Morgan fingerprint density at radius 2 is 2.41 bits per heavy atom. The molecule has 0 aliphatic carbocycles. The molecule has 3 heteroatoms. The van der Waals surface area contributed by atoms with E-state index in [9.17, 15) is 0 Å². The zero-order valence-electron chi connectivity index (χ0n) is 10.2. The Balaban J connectivity index is 1.71. The summed E-state index contributed by atoms with van der Waals surface area (Å²) in [6.07, 6.45) is 3.87. The van der Waals surface area contributed by atoms with Crippen LogP contribution in [-0.4, -0.2) is 18.1 Å². The number of nitrogens with one attached hydrogen (secondary N) is 1. The zero-order chi connectivity index (χ0) is 11.7. The molecule has 1 aromatic heterocycles. The Bertz CT molecular complexity index is 512. The zero-order valence-corrected chi connectivity index (χ0v) is 11.0. The lowest BCUT2D eigenvalue weighted by molar-refractivity contribution is 0.533. The summed E-state index contributed by atoms with van der Waals surface area (Å²) in [4.78, 5) is 4.50. The third-order valence-electron chi connectivity index (χ3n) is 3.56. The minimum Gasteiger partial charge on any atom is -0.316 e. The van der Waals surface area contributed by atoms with Crippen LogP contribution in [0.2, 0.25) is 0 Å². The van der Waals surface area contributed by atoms with Crippen molar-refractivity contribution in [3.05, 3.63) is 28.8 Å². The summed E-state index contributed by atoms with van der Waals surface area (Å²) in [5.41, 5.74) is 2.62. The Labute approximate surface area is 106 Å². The quantitative estimate of drug-likeness (QED) is 0.900. The maximum Gasteiger partial charge on any atom is 0.0907 e. The lowest BCUT2D eigenvalue weighted by Gasteiger charge is -2.07. The van der Waals surface area contributed by atoms with Crippen LogP contribution in [0.5, 0.6) is 0 Å². The van der Waals surface area contributed by atoms with Crippen molar-refractivity contribution in [1.82, 2.24) is 10.3 Å². The molecule has 1 fully saturated rings. The smallest absolute Gasteiger partial charge is 0.0907 e. The molecule has 1 unspecified atom stereocenters. The summed E-state index contributed by atoms with van der Waals surface area (Å²) in [6.45, 7) is 4.49. The van der Waals surface area contributed by atoms with Gasteiger partial charge in [-0.15, -0.1) is 11.3 Å². The van der Waals surface area contributed by atoms with Crippen LogP contribution >= 0.6 is 11.3 Å². The van der Waals surface area contributed by atoms with E-state index in [2.05, 4.69) is 35.4 Å². The van der Waals surface area contributed by atoms with Crippen molar-refractivity contribution in [3.8, 4) is 0 Å². The predicted molar refractivity (Wildman–Crippen MR) is 73.7 cm³/mol. The predicted octanol–water partition coefficient (Wildman–Crippen LogP) is 3.15. The number of hydrogen-bond acceptors (Lipinski definition) is 3. The number of aromatic nitrogens is 1. The van der Waals surface area contributed by atoms with Crippen molar-refractivity contribution < 1.29 is 0 Å². The highest BCUT2D eigenvalue weighted by Crippen LogP contribution is 2.24. The van der Waals surface area contributed by atoms with E-state index in [4.69, 9.17) is 0 Å². The average molecular weight is 246 g/mol. The topological polar surface area (TPSA) is 24.9 Å². The van der Waals surface area contributed by atoms with E-state index in [0.29, 0.717) is 0 Å². The van der Waals surface area contributed by atoms with Gasteiger partial charge in [0.15, 0.2) is 0 Å². The summed E-state index contributed by atoms with van der Waals surface area (Å²) in [7, 11) is 0. The molecule has 1 atom stereocenters. The standard InChI is InChI=1S/C14H18N2S/c1-10-16-13-5-4-11(8-14(13)17-10)2-3-12-6-7-15-9-12/h4-5,8,12,15H,2-3,6-7,9H2,1H3. The first-order chi connectivity index (χ1) is 8.31. The first kappa shape index (κ1) is 11.2. The Kier molecular flexibility index (Phi) is 3.12. The van der Waals surface area contributed by atoms with E-state index in [-0.39, 0.29) is 0 Å². The molecular formula is C14H18N2S. The molecule has 0 saturated carbocycles. The second kappa shape index (κ2) is 4.75. The molecule has 3 rings (SSSR count). The van der Waals surface area contributed by atoms with Crippen LogP contribution in [-0.2, 0) is 6.42 Å². The fraction of sp³-hybridized carbons (Fsp3) is 0.500. The molecule has 2 aromatic rings. The molecule has 1 aromatic carbocycles. The van der Waals surface area contributed by atoms with E-state index in [1.54, 1.807) is 11.3 Å². The van der Waals surface area contributed by atoms with Crippen LogP contribution in [0.3, 0.4) is 0 Å². The van der Waals surface area contributed by atoms with Crippen molar-refractivity contribution in [2.75, 3.05) is 13.1 Å². The summed E-state index contributed by atoms with van der Waals surface area (Å²) >= 11 is 1.80. The molecule has 0 bridgehead atoms. The fourth-order valence-electron chi connectivity index (χ4n) is 2.57. The highest BCUT2D eigenvalue weighted by Gasteiger charge is 2.14. The van der Waals surface area contributed by atoms with Crippen LogP contribution in [0.4, 0.5) is 0 Å². The maximum absolute atomic E-state index is 4.50.